The Morgan fingerprint density at radius 3 is 0.567 bits per heavy atom. The number of benzene rings is 1. The van der Waals surface area contributed by atoms with E-state index in [2.05, 4.69) is 106 Å². The SMILES string of the molecule is C.CCC(C)(C)C(=O)OCC[N+](C)(C)Cc1ccccc1.CCC(C)(C)C(=O)OCC[N+](CC)(CC)CC.CCCOC(=O)C(C)(C)CC.CCCOC(=O)C(C)(C)CC.CCCOC(=O)C(C)(C)CC.CCN(C)CCOC(=O)C(C)(C)CC.CCN(C)CCOC(=O)C(C)(C)CC.CCN(C)CCOC(=O)C(C)(C)CC.CCN(C)CCOC(=O)C(C)(C)CC.F[P-](F)(F)(F)(F)F.[Br-].[Cl-].[Cl-].[Cl-].[Cl-].[Cl-].[Cl-]. The van der Waals surface area contributed by atoms with Crippen LogP contribution in [0.25, 0.3) is 0 Å². The predicted molar refractivity (Wildman–Crippen MR) is 543 cm³/mol. The monoisotopic (exact) mass is 2250 g/mol. The van der Waals surface area contributed by atoms with Crippen LogP contribution in [-0.2, 0) is 92.3 Å². The van der Waals surface area contributed by atoms with E-state index in [1.165, 1.54) is 5.56 Å². The zero-order chi connectivity index (χ0) is 107. The van der Waals surface area contributed by atoms with Crippen LogP contribution in [0.1, 0.15) is 346 Å². The van der Waals surface area contributed by atoms with Gasteiger partial charge in [-0.25, -0.2) is 0 Å². The van der Waals surface area contributed by atoms with E-state index < -0.39 is 7.81 Å². The molecule has 0 aliphatic rings. The van der Waals surface area contributed by atoms with Crippen LogP contribution in [-0.4, -0.2) is 269 Å². The van der Waals surface area contributed by atoms with Gasteiger partial charge < -0.3 is 163 Å². The van der Waals surface area contributed by atoms with Crippen LogP contribution in [0, 0.1) is 48.7 Å². The standard InChI is InChI=1S/C17H28NO2.C14H30NO2.4C11H23NO2.3C9H18O2.CH4.BrH.6ClH.F6P/c1-6-17(2,3)16(19)20-13-12-18(4,5)14-15-10-8-7-9-11-15;1-7-14(5,6)13(16)17-12-11-15(8-2,9-3)10-4;4*1-6-11(3,4)10(13)14-9-8-12(5)7-2;3*1-5-7-11-8(10)9(3,4)6-2;;;;;;;;;1-7(2,3,4,5)6/h7-11H,6,12-14H2,1-5H3;7-12H2,1-6H3;4*6-9H2,1-5H3;3*5-7H2,1-4H3;1H4;7*1H;/q2*+1;;;;;;;;;;;;;;;;-1/p-7. The summed E-state index contributed by atoms with van der Waals surface area (Å²) in [7, 11) is 1.71. The first kappa shape index (κ1) is 176. The fraction of sp³-hybridized carbons (Fsp3) is 0.854. The molecule has 24 nitrogen and oxygen atoms in total. The Morgan fingerprint density at radius 2 is 0.426 bits per heavy atom. The maximum Gasteiger partial charge on any atom is -1.00 e. The Kier molecular flexibility index (Phi) is 110. The van der Waals surface area contributed by atoms with Crippen molar-refractivity contribution in [3.05, 3.63) is 35.9 Å². The molecule has 0 spiro atoms. The molecule has 0 aliphatic carbocycles. The molecule has 0 N–H and O–H groups in total. The summed E-state index contributed by atoms with van der Waals surface area (Å²) in [5, 5.41) is 0. The number of carbonyl (C=O) groups is 9. The minimum absolute atomic E-state index is 0. The second-order valence-corrected chi connectivity index (χ2v) is 42.1. The van der Waals surface area contributed by atoms with Crippen LogP contribution in [0.15, 0.2) is 30.3 Å². The van der Waals surface area contributed by atoms with Crippen molar-refractivity contribution < 1.29 is 211 Å². The Balaban J connectivity index is -0.0000000810. The fourth-order valence-corrected chi connectivity index (χ4v) is 8.47. The summed E-state index contributed by atoms with van der Waals surface area (Å²) >= 11 is 0. The van der Waals surface area contributed by atoms with Gasteiger partial charge >= 0.3 is 86.7 Å². The fourth-order valence-electron chi connectivity index (χ4n) is 8.47. The van der Waals surface area contributed by atoms with Crippen LogP contribution in [0.5, 0.6) is 0 Å². The van der Waals surface area contributed by atoms with E-state index in [4.69, 9.17) is 42.6 Å². The van der Waals surface area contributed by atoms with Crippen molar-refractivity contribution >= 4 is 61.5 Å². The molecule has 0 amide bonds. The normalized spacial score (nSPS) is 11.8. The molecule has 141 heavy (non-hydrogen) atoms. The second kappa shape index (κ2) is 88.2. The number of likely N-dealkylation sites (N-methyl/N-ethyl adjacent to an activating group) is 6. The molecule has 0 aromatic heterocycles. The third-order valence-corrected chi connectivity index (χ3v) is 24.4. The van der Waals surface area contributed by atoms with E-state index in [1.807, 2.05) is 242 Å². The van der Waals surface area contributed by atoms with Crippen molar-refractivity contribution in [3.63, 3.8) is 0 Å². The quantitative estimate of drug-likeness (QED) is 0.0295. The maximum atomic E-state index is 11.9. The van der Waals surface area contributed by atoms with E-state index in [1.54, 1.807) is 0 Å². The van der Waals surface area contributed by atoms with E-state index in [0.717, 1.165) is 178 Å². The number of rotatable bonds is 51. The first-order valence-electron chi connectivity index (χ1n) is 49.0. The van der Waals surface area contributed by atoms with E-state index in [9.17, 15) is 68.3 Å². The Hall–Kier alpha value is -3.56. The van der Waals surface area contributed by atoms with Crippen molar-refractivity contribution in [3.8, 4) is 0 Å². The molecule has 0 unspecified atom stereocenters. The number of halogens is 13. The molecule has 38 heteroatoms. The molecule has 0 radical (unpaired) electrons. The van der Waals surface area contributed by atoms with Gasteiger partial charge in [0.15, 0.2) is 0 Å². The van der Waals surface area contributed by atoms with Crippen molar-refractivity contribution in [1.29, 1.82) is 0 Å². The summed E-state index contributed by atoms with van der Waals surface area (Å²) in [6.45, 7) is 91.2. The molecule has 0 saturated carbocycles. The van der Waals surface area contributed by atoms with Crippen LogP contribution in [0.2, 0.25) is 0 Å². The number of hydrogen-bond acceptors (Lipinski definition) is 22. The first-order valence-corrected chi connectivity index (χ1v) is 51.1. The molecule has 1 aromatic rings. The summed E-state index contributed by atoms with van der Waals surface area (Å²) < 4.78 is 108. The average Bonchev–Trinajstić information content (AvgIpc) is 0.788. The number of esters is 9. The smallest absolute Gasteiger partial charge is 1.00 e. The molecule has 0 atom stereocenters. The minimum atomic E-state index is -10.7. The van der Waals surface area contributed by atoms with Gasteiger partial charge in [0.1, 0.15) is 59.3 Å². The van der Waals surface area contributed by atoms with Crippen molar-refractivity contribution in [2.24, 2.45) is 48.7 Å². The number of quaternary nitrogens is 2. The molecular formula is C103H208BrCl6F6N6O18P-6. The Labute approximate surface area is 905 Å². The van der Waals surface area contributed by atoms with Crippen molar-refractivity contribution in [2.45, 2.75) is 347 Å². The van der Waals surface area contributed by atoms with Crippen LogP contribution in [0.3, 0.4) is 0 Å². The maximum absolute atomic E-state index is 11.9. The van der Waals surface area contributed by atoms with E-state index in [0.29, 0.717) is 59.5 Å². The average molecular weight is 2260 g/mol. The molecule has 0 saturated heterocycles. The summed E-state index contributed by atoms with van der Waals surface area (Å²) in [5.41, 5.74) is -1.72. The van der Waals surface area contributed by atoms with Gasteiger partial charge in [0.25, 0.3) is 0 Å². The largest absolute Gasteiger partial charge is 1.00 e. The second-order valence-electron chi connectivity index (χ2n) is 40.2. The van der Waals surface area contributed by atoms with Crippen molar-refractivity contribution in [2.75, 3.05) is 187 Å². The minimum Gasteiger partial charge on any atom is -1.00 e. The van der Waals surface area contributed by atoms with Gasteiger partial charge in [-0.05, 0) is 277 Å². The summed E-state index contributed by atoms with van der Waals surface area (Å²) in [6.07, 6.45) is 10.0. The van der Waals surface area contributed by atoms with Crippen LogP contribution >= 0.6 is 7.81 Å². The number of nitrogens with zero attached hydrogens (tertiary/aromatic N) is 6. The van der Waals surface area contributed by atoms with Gasteiger partial charge in [-0.2, -0.15) is 0 Å². The van der Waals surface area contributed by atoms with Crippen molar-refractivity contribution in [1.82, 2.24) is 19.6 Å². The third kappa shape index (κ3) is 99.5. The molecule has 860 valence electrons. The van der Waals surface area contributed by atoms with Crippen LogP contribution in [0.4, 0.5) is 25.2 Å². The molecule has 0 aliphatic heterocycles. The van der Waals surface area contributed by atoms with Crippen LogP contribution < -0.4 is 91.4 Å². The summed E-state index contributed by atoms with van der Waals surface area (Å²) in [5.74, 6) is -0.783. The van der Waals surface area contributed by atoms with Gasteiger partial charge in [0, 0.05) is 31.7 Å². The number of hydrogen-bond donors (Lipinski definition) is 0. The van der Waals surface area contributed by atoms with E-state index >= 15 is 0 Å². The molecule has 0 bridgehead atoms. The molecular weight excluding hydrogens is 2050 g/mol. The molecule has 0 heterocycles. The van der Waals surface area contributed by atoms with Gasteiger partial charge in [0.2, 0.25) is 0 Å². The van der Waals surface area contributed by atoms with E-state index in [-0.39, 0.29) is 201 Å². The Morgan fingerprint density at radius 1 is 0.277 bits per heavy atom. The number of ether oxygens (including phenoxy) is 9. The van der Waals surface area contributed by atoms with Gasteiger partial charge in [-0.1, -0.05) is 149 Å². The third-order valence-electron chi connectivity index (χ3n) is 24.4. The summed E-state index contributed by atoms with van der Waals surface area (Å²) in [4.78, 5) is 112. The number of carbonyl (C=O) groups excluding carboxylic acids is 9. The zero-order valence-electron chi connectivity index (χ0n) is 95.5. The predicted octanol–water partition coefficient (Wildman–Crippen LogP) is 3.93. The molecule has 1 aromatic carbocycles. The molecule has 1 rings (SSSR count). The van der Waals surface area contributed by atoms with Gasteiger partial charge in [-0.3, -0.25) is 43.2 Å². The van der Waals surface area contributed by atoms with Gasteiger partial charge in [-0.15, -0.1) is 0 Å². The Bertz CT molecular complexity index is 3020. The van der Waals surface area contributed by atoms with Gasteiger partial charge in [0.05, 0.1) is 102 Å². The zero-order valence-corrected chi connectivity index (χ0v) is 103. The first-order chi connectivity index (χ1) is 60.5. The summed E-state index contributed by atoms with van der Waals surface area (Å²) in [6, 6.07) is 10.4. The molecule has 0 fully saturated rings. The topological polar surface area (TPSA) is 250 Å².